The highest BCUT2D eigenvalue weighted by molar-refractivity contribution is 5.79. The lowest BCUT2D eigenvalue weighted by atomic mass is 9.90. The highest BCUT2D eigenvalue weighted by Crippen LogP contribution is 2.18. The maximum atomic E-state index is 11.5. The van der Waals surface area contributed by atoms with Crippen LogP contribution in [0.4, 0.5) is 0 Å². The quantitative estimate of drug-likeness (QED) is 0.615. The van der Waals surface area contributed by atoms with Crippen molar-refractivity contribution in [1.29, 1.82) is 0 Å². The smallest absolute Gasteiger partial charge is 0.323 e. The second-order valence-electron chi connectivity index (χ2n) is 6.60. The van der Waals surface area contributed by atoms with Crippen LogP contribution in [0.15, 0.2) is 24.3 Å². The molecule has 5 nitrogen and oxygen atoms in total. The van der Waals surface area contributed by atoms with Gasteiger partial charge in [0.15, 0.2) is 5.78 Å². The predicted molar refractivity (Wildman–Crippen MR) is 89.2 cm³/mol. The van der Waals surface area contributed by atoms with E-state index in [1.807, 2.05) is 38.1 Å². The average Bonchev–Trinajstić information content (AvgIpc) is 2.50. The molecule has 0 aromatic heterocycles. The number of ketones is 1. The van der Waals surface area contributed by atoms with Crippen molar-refractivity contribution in [3.8, 4) is 0 Å². The zero-order valence-corrected chi connectivity index (χ0v) is 14.1. The number of aliphatic hydroxyl groups is 1. The molecule has 0 aliphatic heterocycles. The summed E-state index contributed by atoms with van der Waals surface area (Å²) in [7, 11) is 0. The van der Waals surface area contributed by atoms with Gasteiger partial charge in [-0.1, -0.05) is 38.1 Å². The molecule has 23 heavy (non-hydrogen) atoms. The first-order valence-electron chi connectivity index (χ1n) is 7.95. The van der Waals surface area contributed by atoms with E-state index in [-0.39, 0.29) is 11.7 Å². The molecule has 128 valence electrons. The second-order valence-corrected chi connectivity index (χ2v) is 6.60. The summed E-state index contributed by atoms with van der Waals surface area (Å²) in [6.45, 7) is 5.79. The van der Waals surface area contributed by atoms with Crippen LogP contribution in [0.1, 0.15) is 44.7 Å². The van der Waals surface area contributed by atoms with Crippen LogP contribution >= 0.6 is 0 Å². The van der Waals surface area contributed by atoms with E-state index in [4.69, 9.17) is 5.11 Å². The minimum Gasteiger partial charge on any atom is -0.480 e. The van der Waals surface area contributed by atoms with Gasteiger partial charge >= 0.3 is 5.97 Å². The van der Waals surface area contributed by atoms with Crippen molar-refractivity contribution in [3.05, 3.63) is 35.4 Å². The van der Waals surface area contributed by atoms with Crippen molar-refractivity contribution in [2.45, 2.75) is 52.1 Å². The number of carbonyl (C=O) groups excluding carboxylic acids is 1. The number of aliphatic hydroxyl groups excluding tert-OH is 1. The van der Waals surface area contributed by atoms with Gasteiger partial charge in [-0.3, -0.25) is 14.9 Å². The van der Waals surface area contributed by atoms with E-state index in [1.165, 1.54) is 0 Å². The molecule has 1 unspecified atom stereocenters. The van der Waals surface area contributed by atoms with E-state index >= 15 is 0 Å². The Morgan fingerprint density at radius 2 is 1.74 bits per heavy atom. The molecule has 0 fully saturated rings. The number of carboxylic acid groups (broad SMARTS) is 1. The van der Waals surface area contributed by atoms with Crippen LogP contribution in [0.3, 0.4) is 0 Å². The van der Waals surface area contributed by atoms with E-state index in [2.05, 4.69) is 5.32 Å². The normalized spacial score (nSPS) is 13.8. The summed E-state index contributed by atoms with van der Waals surface area (Å²) in [6.07, 6.45) is 1.50. The van der Waals surface area contributed by atoms with E-state index < -0.39 is 18.1 Å². The summed E-state index contributed by atoms with van der Waals surface area (Å²) in [6, 6.07) is 7.73. The fraction of sp³-hybridized carbons (Fsp3) is 0.556. The molecule has 0 aliphatic rings. The summed E-state index contributed by atoms with van der Waals surface area (Å²) in [5.41, 5.74) is 1.08. The van der Waals surface area contributed by atoms with Gasteiger partial charge in [0.1, 0.15) is 12.1 Å². The molecule has 0 radical (unpaired) electrons. The summed E-state index contributed by atoms with van der Waals surface area (Å²) in [5, 5.41) is 21.3. The van der Waals surface area contributed by atoms with Crippen LogP contribution in [0.25, 0.3) is 0 Å². The molecule has 1 aromatic rings. The van der Waals surface area contributed by atoms with Crippen molar-refractivity contribution >= 4 is 11.8 Å². The molecule has 1 aromatic carbocycles. The Balaban J connectivity index is 2.60. The lowest BCUT2D eigenvalue weighted by Gasteiger charge is -2.28. The van der Waals surface area contributed by atoms with E-state index in [0.717, 1.165) is 11.1 Å². The van der Waals surface area contributed by atoms with E-state index in [9.17, 15) is 14.7 Å². The van der Waals surface area contributed by atoms with Gasteiger partial charge in [-0.05, 0) is 36.8 Å². The van der Waals surface area contributed by atoms with Gasteiger partial charge in [0, 0.05) is 13.0 Å². The first-order chi connectivity index (χ1) is 10.8. The fourth-order valence-corrected chi connectivity index (χ4v) is 2.54. The lowest BCUT2D eigenvalue weighted by molar-refractivity contribution is -0.145. The fourth-order valence-electron chi connectivity index (χ4n) is 2.54. The second kappa shape index (κ2) is 8.79. The third kappa shape index (κ3) is 6.50. The zero-order valence-electron chi connectivity index (χ0n) is 14.1. The molecule has 0 bridgehead atoms. The lowest BCUT2D eigenvalue weighted by Crippen LogP contribution is -2.49. The summed E-state index contributed by atoms with van der Waals surface area (Å²) >= 11 is 0. The Bertz CT molecular complexity index is 524. The highest BCUT2D eigenvalue weighted by atomic mass is 16.4. The average molecular weight is 321 g/mol. The minimum atomic E-state index is -0.944. The van der Waals surface area contributed by atoms with Crippen molar-refractivity contribution < 1.29 is 19.8 Å². The number of aryl methyl sites for hydroxylation is 1. The largest absolute Gasteiger partial charge is 0.480 e. The summed E-state index contributed by atoms with van der Waals surface area (Å²) in [5.74, 6) is -0.720. The molecule has 5 heteroatoms. The molecule has 1 atom stereocenters. The van der Waals surface area contributed by atoms with Crippen LogP contribution in [0.5, 0.6) is 0 Å². The van der Waals surface area contributed by atoms with Crippen LogP contribution in [0, 0.1) is 5.92 Å². The van der Waals surface area contributed by atoms with Gasteiger partial charge in [0.05, 0.1) is 0 Å². The Hall–Kier alpha value is -1.72. The van der Waals surface area contributed by atoms with Crippen molar-refractivity contribution in [1.82, 2.24) is 5.32 Å². The SMILES string of the molecule is CC(C)CC(C)(NCc1ccc(CCC(=O)CO)cc1)C(=O)O. The molecule has 3 N–H and O–H groups in total. The highest BCUT2D eigenvalue weighted by Gasteiger charge is 2.33. The number of rotatable bonds is 10. The maximum absolute atomic E-state index is 11.5. The van der Waals surface area contributed by atoms with Crippen LogP contribution in [-0.2, 0) is 22.6 Å². The number of benzene rings is 1. The summed E-state index contributed by atoms with van der Waals surface area (Å²) in [4.78, 5) is 22.6. The van der Waals surface area contributed by atoms with Crippen LogP contribution in [-0.4, -0.2) is 34.1 Å². The third-order valence-corrected chi connectivity index (χ3v) is 3.86. The van der Waals surface area contributed by atoms with Crippen LogP contribution < -0.4 is 5.32 Å². The van der Waals surface area contributed by atoms with Gasteiger partial charge in [-0.2, -0.15) is 0 Å². The maximum Gasteiger partial charge on any atom is 0.323 e. The monoisotopic (exact) mass is 321 g/mol. The molecule has 1 rings (SSSR count). The molecular weight excluding hydrogens is 294 g/mol. The zero-order chi connectivity index (χ0) is 17.5. The molecule has 0 saturated carbocycles. The number of hydrogen-bond acceptors (Lipinski definition) is 4. The number of Topliss-reactive ketones (excluding diaryl/α,β-unsaturated/α-hetero) is 1. The van der Waals surface area contributed by atoms with Crippen molar-refractivity contribution in [3.63, 3.8) is 0 Å². The Morgan fingerprint density at radius 3 is 2.22 bits per heavy atom. The molecule has 0 spiro atoms. The number of carboxylic acids is 1. The number of aliphatic carboxylic acids is 1. The third-order valence-electron chi connectivity index (χ3n) is 3.86. The molecule has 0 aliphatic carbocycles. The first-order valence-corrected chi connectivity index (χ1v) is 7.95. The Kier molecular flexibility index (Phi) is 7.39. The van der Waals surface area contributed by atoms with Crippen molar-refractivity contribution in [2.24, 2.45) is 5.92 Å². The van der Waals surface area contributed by atoms with E-state index in [0.29, 0.717) is 25.8 Å². The van der Waals surface area contributed by atoms with E-state index in [1.54, 1.807) is 6.92 Å². The number of nitrogens with one attached hydrogen (secondary N) is 1. The first kappa shape index (κ1) is 19.3. The topological polar surface area (TPSA) is 86.6 Å². The molecule has 0 amide bonds. The minimum absolute atomic E-state index is 0.165. The molecule has 0 heterocycles. The van der Waals surface area contributed by atoms with Gasteiger partial charge in [0.2, 0.25) is 0 Å². The predicted octanol–water partition coefficient (Wildman–Crippen LogP) is 2.16. The Morgan fingerprint density at radius 1 is 1.17 bits per heavy atom. The standard InChI is InChI=1S/C18H27NO4/c1-13(2)10-18(3,17(22)23)19-11-15-6-4-14(5-7-15)8-9-16(21)12-20/h4-7,13,19-20H,8-12H2,1-3H3,(H,22,23). The van der Waals surface area contributed by atoms with Gasteiger partial charge in [-0.25, -0.2) is 0 Å². The number of hydrogen-bond donors (Lipinski definition) is 3. The van der Waals surface area contributed by atoms with Gasteiger partial charge in [-0.15, -0.1) is 0 Å². The number of carbonyl (C=O) groups is 2. The Labute approximate surface area is 137 Å². The molecular formula is C18H27NO4. The summed E-state index contributed by atoms with van der Waals surface area (Å²) < 4.78 is 0. The van der Waals surface area contributed by atoms with Crippen LogP contribution in [0.2, 0.25) is 0 Å². The molecule has 0 saturated heterocycles. The van der Waals surface area contributed by atoms with Crippen molar-refractivity contribution in [2.75, 3.05) is 6.61 Å². The van der Waals surface area contributed by atoms with Gasteiger partial charge in [0.25, 0.3) is 0 Å². The van der Waals surface area contributed by atoms with Gasteiger partial charge < -0.3 is 10.2 Å².